The number of hydrogen-bond donors (Lipinski definition) is 1. The highest BCUT2D eigenvalue weighted by Gasteiger charge is 2.30. The van der Waals surface area contributed by atoms with Crippen LogP contribution in [0.5, 0.6) is 0 Å². The summed E-state index contributed by atoms with van der Waals surface area (Å²) >= 11 is 0. The van der Waals surface area contributed by atoms with Gasteiger partial charge in [0.25, 0.3) is 11.5 Å². The Bertz CT molecular complexity index is 1150. The van der Waals surface area contributed by atoms with Crippen molar-refractivity contribution in [2.45, 2.75) is 6.18 Å². The Labute approximate surface area is 155 Å². The van der Waals surface area contributed by atoms with E-state index in [1.807, 2.05) is 0 Å². The van der Waals surface area contributed by atoms with Gasteiger partial charge in [-0.2, -0.15) is 23.0 Å². The molecule has 1 heterocycles. The Balaban J connectivity index is 2.02. The Morgan fingerprint density at radius 2 is 1.71 bits per heavy atom. The van der Waals surface area contributed by atoms with Gasteiger partial charge in [0.1, 0.15) is 0 Å². The lowest BCUT2D eigenvalue weighted by Gasteiger charge is -2.11. The first-order valence-electron chi connectivity index (χ1n) is 7.93. The molecule has 1 aromatic heterocycles. The predicted octanol–water partition coefficient (Wildman–Crippen LogP) is 2.20. The van der Waals surface area contributed by atoms with Gasteiger partial charge in [0.2, 0.25) is 5.69 Å². The van der Waals surface area contributed by atoms with E-state index < -0.39 is 34.6 Å². The molecule has 2 aromatic carbocycles. The highest BCUT2D eigenvalue weighted by Crippen LogP contribution is 2.30. The predicted molar refractivity (Wildman–Crippen MR) is 94.5 cm³/mol. The van der Waals surface area contributed by atoms with Crippen LogP contribution in [0, 0.1) is 0 Å². The van der Waals surface area contributed by atoms with Crippen molar-refractivity contribution in [2.75, 3.05) is 5.32 Å². The Kier molecular flexibility index (Phi) is 4.87. The number of hydrogen-bond acceptors (Lipinski definition) is 4. The van der Waals surface area contributed by atoms with Crippen molar-refractivity contribution in [3.63, 3.8) is 0 Å². The van der Waals surface area contributed by atoms with Crippen LogP contribution >= 0.6 is 0 Å². The number of benzene rings is 2. The third-order valence-corrected chi connectivity index (χ3v) is 3.84. The van der Waals surface area contributed by atoms with Crippen molar-refractivity contribution in [3.05, 3.63) is 86.7 Å². The molecule has 0 bridgehead atoms. The van der Waals surface area contributed by atoms with Gasteiger partial charge in [-0.3, -0.25) is 14.2 Å². The normalized spacial score (nSPS) is 11.3. The maximum atomic E-state index is 12.8. The molecule has 3 aromatic rings. The average Bonchev–Trinajstić information content (AvgIpc) is 2.66. The molecule has 7 nitrogen and oxygen atoms in total. The van der Waals surface area contributed by atoms with Gasteiger partial charge in [-0.05, 0) is 30.3 Å². The lowest BCUT2D eigenvalue weighted by atomic mass is 10.2. The lowest BCUT2D eigenvalue weighted by molar-refractivity contribution is -0.137. The standard InChI is InChI=1S/C18H13F3N4O3/c1-24-16(27)14(23-25(17(24)28)13-8-3-2-4-9-13)15(26)22-12-7-5-6-11(10-12)18(19,20)21/h2-10H,1H3,(H,22,26). The monoisotopic (exact) mass is 390 g/mol. The van der Waals surface area contributed by atoms with E-state index in [9.17, 15) is 27.6 Å². The number of nitrogens with zero attached hydrogens (tertiary/aromatic N) is 3. The van der Waals surface area contributed by atoms with Gasteiger partial charge in [0, 0.05) is 12.7 Å². The minimum atomic E-state index is -4.59. The van der Waals surface area contributed by atoms with Gasteiger partial charge >= 0.3 is 11.9 Å². The maximum Gasteiger partial charge on any atom is 0.416 e. The van der Waals surface area contributed by atoms with Crippen molar-refractivity contribution in [1.82, 2.24) is 14.3 Å². The third kappa shape index (κ3) is 3.70. The van der Waals surface area contributed by atoms with Crippen LogP contribution in [0.4, 0.5) is 18.9 Å². The van der Waals surface area contributed by atoms with E-state index in [-0.39, 0.29) is 5.69 Å². The Hall–Kier alpha value is -3.69. The highest BCUT2D eigenvalue weighted by molar-refractivity contribution is 6.02. The molecule has 0 aliphatic rings. The summed E-state index contributed by atoms with van der Waals surface area (Å²) in [6.07, 6.45) is -4.59. The Morgan fingerprint density at radius 3 is 2.36 bits per heavy atom. The van der Waals surface area contributed by atoms with Crippen molar-refractivity contribution in [1.29, 1.82) is 0 Å². The number of amides is 1. The van der Waals surface area contributed by atoms with Crippen LogP contribution in [-0.4, -0.2) is 20.3 Å². The lowest BCUT2D eigenvalue weighted by Crippen LogP contribution is -2.43. The maximum absolute atomic E-state index is 12.8. The van der Waals surface area contributed by atoms with Crippen molar-refractivity contribution in [3.8, 4) is 5.69 Å². The van der Waals surface area contributed by atoms with E-state index in [4.69, 9.17) is 0 Å². The largest absolute Gasteiger partial charge is 0.416 e. The molecule has 0 aliphatic carbocycles. The van der Waals surface area contributed by atoms with Crippen molar-refractivity contribution < 1.29 is 18.0 Å². The molecule has 0 atom stereocenters. The van der Waals surface area contributed by atoms with Gasteiger partial charge in [-0.1, -0.05) is 24.3 Å². The van der Waals surface area contributed by atoms with Crippen LogP contribution in [0.25, 0.3) is 5.69 Å². The molecule has 0 aliphatic heterocycles. The van der Waals surface area contributed by atoms with E-state index >= 15 is 0 Å². The number of nitrogens with one attached hydrogen (secondary N) is 1. The van der Waals surface area contributed by atoms with Crippen molar-refractivity contribution in [2.24, 2.45) is 7.05 Å². The second kappa shape index (κ2) is 7.14. The van der Waals surface area contributed by atoms with Crippen LogP contribution in [0.2, 0.25) is 0 Å². The van der Waals surface area contributed by atoms with Gasteiger partial charge in [0.05, 0.1) is 11.3 Å². The number of carbonyl (C=O) groups excluding carboxylic acids is 1. The van der Waals surface area contributed by atoms with Crippen LogP contribution in [-0.2, 0) is 13.2 Å². The summed E-state index contributed by atoms with van der Waals surface area (Å²) in [6.45, 7) is 0. The number of anilines is 1. The molecule has 144 valence electrons. The smallest absolute Gasteiger partial charge is 0.320 e. The van der Waals surface area contributed by atoms with E-state index in [2.05, 4.69) is 10.4 Å². The minimum absolute atomic E-state index is 0.166. The molecule has 0 radical (unpaired) electrons. The molecule has 10 heteroatoms. The molecule has 0 saturated heterocycles. The third-order valence-electron chi connectivity index (χ3n) is 3.84. The fourth-order valence-electron chi connectivity index (χ4n) is 2.42. The van der Waals surface area contributed by atoms with E-state index in [0.29, 0.717) is 10.3 Å². The summed E-state index contributed by atoms with van der Waals surface area (Å²) in [4.78, 5) is 37.0. The summed E-state index contributed by atoms with van der Waals surface area (Å²) in [5.74, 6) is -1.04. The molecule has 0 saturated carbocycles. The van der Waals surface area contributed by atoms with E-state index in [1.54, 1.807) is 30.3 Å². The zero-order chi connectivity index (χ0) is 20.5. The van der Waals surface area contributed by atoms with Gasteiger partial charge in [-0.15, -0.1) is 0 Å². The molecule has 0 unspecified atom stereocenters. The summed E-state index contributed by atoms with van der Waals surface area (Å²) < 4.78 is 40.0. The van der Waals surface area contributed by atoms with Gasteiger partial charge in [0.15, 0.2) is 0 Å². The zero-order valence-corrected chi connectivity index (χ0v) is 14.4. The summed E-state index contributed by atoms with van der Waals surface area (Å²) in [5, 5.41) is 6.01. The quantitative estimate of drug-likeness (QED) is 0.743. The number of carbonyl (C=O) groups is 1. The molecular formula is C18H13F3N4O3. The molecule has 28 heavy (non-hydrogen) atoms. The number of alkyl halides is 3. The summed E-state index contributed by atoms with van der Waals surface area (Å²) in [7, 11) is 1.17. The minimum Gasteiger partial charge on any atom is -0.320 e. The number of rotatable bonds is 3. The highest BCUT2D eigenvalue weighted by atomic mass is 19.4. The second-order valence-electron chi connectivity index (χ2n) is 5.78. The first-order chi connectivity index (χ1) is 13.2. The molecule has 0 fully saturated rings. The van der Waals surface area contributed by atoms with Crippen LogP contribution in [0.3, 0.4) is 0 Å². The molecule has 1 N–H and O–H groups in total. The average molecular weight is 390 g/mol. The molecule has 3 rings (SSSR count). The summed E-state index contributed by atoms with van der Waals surface area (Å²) in [6, 6.07) is 12.0. The summed E-state index contributed by atoms with van der Waals surface area (Å²) in [5.41, 5.74) is -3.19. The number of aromatic nitrogens is 3. The van der Waals surface area contributed by atoms with Gasteiger partial charge in [-0.25, -0.2) is 4.79 Å². The van der Waals surface area contributed by atoms with Crippen LogP contribution in [0.15, 0.2) is 64.2 Å². The first kappa shape index (κ1) is 19.1. The molecule has 1 amide bonds. The SMILES string of the molecule is Cn1c(=O)c(C(=O)Nc2cccc(C(F)(F)F)c2)nn(-c2ccccc2)c1=O. The first-order valence-corrected chi connectivity index (χ1v) is 7.93. The van der Waals surface area contributed by atoms with E-state index in [1.165, 1.54) is 13.1 Å². The Morgan fingerprint density at radius 1 is 1.04 bits per heavy atom. The topological polar surface area (TPSA) is 86.0 Å². The van der Waals surface area contributed by atoms with Crippen LogP contribution in [0.1, 0.15) is 16.1 Å². The second-order valence-corrected chi connectivity index (χ2v) is 5.78. The van der Waals surface area contributed by atoms with Gasteiger partial charge < -0.3 is 5.32 Å². The number of halogens is 3. The molecular weight excluding hydrogens is 377 g/mol. The fraction of sp³-hybridized carbons (Fsp3) is 0.111. The fourth-order valence-corrected chi connectivity index (χ4v) is 2.42. The van der Waals surface area contributed by atoms with Crippen molar-refractivity contribution >= 4 is 11.6 Å². The molecule has 0 spiro atoms. The van der Waals surface area contributed by atoms with E-state index in [0.717, 1.165) is 22.9 Å². The number of para-hydroxylation sites is 1. The van der Waals surface area contributed by atoms with Crippen LogP contribution < -0.4 is 16.6 Å². The zero-order valence-electron chi connectivity index (χ0n) is 14.4.